The van der Waals surface area contributed by atoms with E-state index in [4.69, 9.17) is 4.42 Å². The lowest BCUT2D eigenvalue weighted by Crippen LogP contribution is -1.95. The zero-order valence-corrected chi connectivity index (χ0v) is 30.5. The lowest BCUT2D eigenvalue weighted by Gasteiger charge is -2.09. The average molecular weight is 720 g/mol. The molecule has 4 heterocycles. The van der Waals surface area contributed by atoms with Gasteiger partial charge in [-0.25, -0.2) is 0 Å². The third kappa shape index (κ3) is 4.32. The number of fused-ring (bicyclic) bond motifs is 12. The first-order valence-corrected chi connectivity index (χ1v) is 19.3. The Balaban J connectivity index is 1.02. The molecule has 0 fully saturated rings. The second kappa shape index (κ2) is 11.2. The summed E-state index contributed by atoms with van der Waals surface area (Å²) in [5.41, 5.74) is 12.6. The fourth-order valence-corrected chi connectivity index (χ4v) is 9.98. The van der Waals surface area contributed by atoms with Crippen molar-refractivity contribution in [3.63, 3.8) is 0 Å². The summed E-state index contributed by atoms with van der Waals surface area (Å²) in [5, 5.41) is 19.5. The van der Waals surface area contributed by atoms with Crippen molar-refractivity contribution in [2.24, 2.45) is 0 Å². The maximum atomic E-state index is 10.1. The molecule has 12 rings (SSSR count). The van der Waals surface area contributed by atoms with Crippen LogP contribution in [0.2, 0.25) is 0 Å². The monoisotopic (exact) mass is 719 g/mol. The molecule has 0 saturated carbocycles. The predicted octanol–water partition coefficient (Wildman–Crippen LogP) is 14.0. The Kier molecular flexibility index (Phi) is 6.17. The number of rotatable bonds is 3. The summed E-state index contributed by atoms with van der Waals surface area (Å²) in [5.74, 6) is 0. The number of hydrogen-bond acceptors (Lipinski definition) is 3. The normalized spacial score (nSPS) is 12.1. The van der Waals surface area contributed by atoms with Crippen LogP contribution in [-0.2, 0) is 0 Å². The maximum Gasteiger partial charge on any atom is 0.135 e. The van der Waals surface area contributed by atoms with Gasteiger partial charge < -0.3 is 13.6 Å². The number of aromatic nitrogens is 2. The molecule has 5 heteroatoms. The van der Waals surface area contributed by atoms with E-state index in [0.717, 1.165) is 66.2 Å². The topological polar surface area (TPSA) is 46.8 Å². The largest absolute Gasteiger partial charge is 0.456 e. The van der Waals surface area contributed by atoms with Crippen molar-refractivity contribution in [3.05, 3.63) is 169 Å². The van der Waals surface area contributed by atoms with Crippen molar-refractivity contribution < 1.29 is 4.42 Å². The van der Waals surface area contributed by atoms with E-state index in [1.807, 2.05) is 23.5 Å². The lowest BCUT2D eigenvalue weighted by atomic mass is 10.0. The lowest BCUT2D eigenvalue weighted by molar-refractivity contribution is 0.669. The van der Waals surface area contributed by atoms with Crippen molar-refractivity contribution in [1.82, 2.24) is 9.13 Å². The minimum Gasteiger partial charge on any atom is -0.456 e. The molecule has 0 spiro atoms. The molecule has 55 heavy (non-hydrogen) atoms. The molecule has 0 unspecified atom stereocenters. The minimum absolute atomic E-state index is 0.672. The molecule has 0 N–H and O–H groups in total. The van der Waals surface area contributed by atoms with Gasteiger partial charge in [0, 0.05) is 63.9 Å². The van der Waals surface area contributed by atoms with Gasteiger partial charge in [-0.05, 0) is 109 Å². The number of para-hydroxylation sites is 3. The molecule has 4 aromatic heterocycles. The minimum atomic E-state index is 0.672. The van der Waals surface area contributed by atoms with Gasteiger partial charge in [-0.3, -0.25) is 0 Å². The molecule has 0 amide bonds. The van der Waals surface area contributed by atoms with Gasteiger partial charge in [-0.2, -0.15) is 5.26 Å². The van der Waals surface area contributed by atoms with Gasteiger partial charge in [0.2, 0.25) is 0 Å². The number of hydrogen-bond donors (Lipinski definition) is 0. The van der Waals surface area contributed by atoms with E-state index in [1.54, 1.807) is 0 Å². The molecule has 4 nitrogen and oxygen atoms in total. The van der Waals surface area contributed by atoms with Crippen LogP contribution >= 0.6 is 11.3 Å². The van der Waals surface area contributed by atoms with Gasteiger partial charge in [0.05, 0.1) is 27.6 Å². The third-order valence-electron chi connectivity index (χ3n) is 11.4. The van der Waals surface area contributed by atoms with Crippen molar-refractivity contribution >= 4 is 97.1 Å². The Morgan fingerprint density at radius 3 is 1.87 bits per heavy atom. The zero-order chi connectivity index (χ0) is 36.4. The Morgan fingerprint density at radius 1 is 0.473 bits per heavy atom. The highest BCUT2D eigenvalue weighted by atomic mass is 32.1. The van der Waals surface area contributed by atoms with E-state index in [0.29, 0.717) is 5.56 Å². The first kappa shape index (κ1) is 30.3. The van der Waals surface area contributed by atoms with Gasteiger partial charge in [-0.15, -0.1) is 11.3 Å². The van der Waals surface area contributed by atoms with Crippen LogP contribution in [0.15, 0.2) is 162 Å². The number of thiophene rings is 1. The molecular formula is C50H29N3OS. The summed E-state index contributed by atoms with van der Waals surface area (Å²) in [6, 6.07) is 58.9. The summed E-state index contributed by atoms with van der Waals surface area (Å²) in [6.07, 6.45) is 0. The predicted molar refractivity (Wildman–Crippen MR) is 230 cm³/mol. The quantitative estimate of drug-likeness (QED) is 0.182. The maximum absolute atomic E-state index is 10.1. The number of benzene rings is 8. The number of aryl methyl sites for hydroxylation is 1. The Labute approximate surface area is 318 Å². The summed E-state index contributed by atoms with van der Waals surface area (Å²) in [7, 11) is 0. The molecule has 0 radical (unpaired) electrons. The van der Waals surface area contributed by atoms with Crippen LogP contribution in [0, 0.1) is 18.3 Å². The van der Waals surface area contributed by atoms with Gasteiger partial charge >= 0.3 is 0 Å². The van der Waals surface area contributed by atoms with E-state index in [9.17, 15) is 5.26 Å². The van der Waals surface area contributed by atoms with Crippen LogP contribution in [0.5, 0.6) is 0 Å². The second-order valence-corrected chi connectivity index (χ2v) is 15.6. The number of nitriles is 1. The molecule has 0 saturated heterocycles. The van der Waals surface area contributed by atoms with Gasteiger partial charge in [0.15, 0.2) is 0 Å². The van der Waals surface area contributed by atoms with Crippen LogP contribution < -0.4 is 0 Å². The second-order valence-electron chi connectivity index (χ2n) is 14.5. The summed E-state index contributed by atoms with van der Waals surface area (Å²) >= 11 is 1.82. The molecule has 12 aromatic rings. The van der Waals surface area contributed by atoms with Gasteiger partial charge in [-0.1, -0.05) is 72.3 Å². The average Bonchev–Trinajstić information content (AvgIpc) is 3.97. The highest BCUT2D eigenvalue weighted by molar-refractivity contribution is 7.25. The van der Waals surface area contributed by atoms with Crippen molar-refractivity contribution in [2.45, 2.75) is 6.92 Å². The first-order chi connectivity index (χ1) is 27.1. The molecule has 256 valence electrons. The summed E-state index contributed by atoms with van der Waals surface area (Å²) < 4.78 is 13.5. The van der Waals surface area contributed by atoms with Gasteiger partial charge in [0.1, 0.15) is 17.2 Å². The molecular weight excluding hydrogens is 691 g/mol. The molecule has 0 bridgehead atoms. The smallest absolute Gasteiger partial charge is 0.135 e. The molecule has 0 aliphatic carbocycles. The summed E-state index contributed by atoms with van der Waals surface area (Å²) in [4.78, 5) is 0. The fraction of sp³-hybridized carbons (Fsp3) is 0.0200. The Bertz CT molecular complexity index is 3640. The van der Waals surface area contributed by atoms with Crippen LogP contribution in [0.3, 0.4) is 0 Å². The van der Waals surface area contributed by atoms with Crippen molar-refractivity contribution in [2.75, 3.05) is 0 Å². The SMILES string of the molecule is Cc1ccc2c(c1)c1ccccc1n2-c1ccc2oc3ccc(-c4ccc5sc6ccc(-n7c8ccccc8c8cccc(C#N)c87)cc6c5c4)cc3c2c1. The standard InChI is InChI=1S/C50H29N3OS/c1-29-13-18-45-38(23-29)36-9-3-4-11-43(36)52(45)33-16-20-47-40(26-33)39-24-30(14-19-46(39)54-47)31-15-21-48-41(25-31)42-27-34(17-22-49(42)55-48)53-44-12-5-2-8-35(44)37-10-6-7-32(28-51)50(37)53/h2-27H,1H3. The van der Waals surface area contributed by atoms with Crippen molar-refractivity contribution in [3.8, 4) is 28.6 Å². The van der Waals surface area contributed by atoms with E-state index < -0.39 is 0 Å². The Morgan fingerprint density at radius 2 is 1.05 bits per heavy atom. The van der Waals surface area contributed by atoms with Crippen LogP contribution in [0.4, 0.5) is 0 Å². The zero-order valence-electron chi connectivity index (χ0n) is 29.7. The first-order valence-electron chi connectivity index (χ1n) is 18.5. The summed E-state index contributed by atoms with van der Waals surface area (Å²) in [6.45, 7) is 2.15. The van der Waals surface area contributed by atoms with E-state index in [-0.39, 0.29) is 0 Å². The fourth-order valence-electron chi connectivity index (χ4n) is 8.91. The van der Waals surface area contributed by atoms with Crippen LogP contribution in [0.1, 0.15) is 11.1 Å². The third-order valence-corrected chi connectivity index (χ3v) is 12.6. The number of furan rings is 1. The van der Waals surface area contributed by atoms with E-state index >= 15 is 0 Å². The highest BCUT2D eigenvalue weighted by Crippen LogP contribution is 2.42. The molecule has 0 aliphatic heterocycles. The van der Waals surface area contributed by atoms with E-state index in [2.05, 4.69) is 168 Å². The van der Waals surface area contributed by atoms with Crippen LogP contribution in [-0.4, -0.2) is 9.13 Å². The Hall–Kier alpha value is -7.13. The van der Waals surface area contributed by atoms with E-state index in [1.165, 1.54) is 47.5 Å². The number of nitrogens with zero attached hydrogens (tertiary/aromatic N) is 3. The molecule has 0 aliphatic rings. The van der Waals surface area contributed by atoms with Crippen LogP contribution in [0.25, 0.3) is 108 Å². The van der Waals surface area contributed by atoms with Crippen molar-refractivity contribution in [1.29, 1.82) is 5.26 Å². The molecule has 0 atom stereocenters. The van der Waals surface area contributed by atoms with Gasteiger partial charge in [0.25, 0.3) is 0 Å². The molecule has 8 aromatic carbocycles. The highest BCUT2D eigenvalue weighted by Gasteiger charge is 2.18.